The minimum absolute atomic E-state index is 0.0922. The number of hydrogen-bond donors (Lipinski definition) is 1. The van der Waals surface area contributed by atoms with Crippen molar-refractivity contribution in [1.82, 2.24) is 4.90 Å². The molecule has 34 heavy (non-hydrogen) atoms. The number of nitrogens with one attached hydrogen (secondary N) is 1. The van der Waals surface area contributed by atoms with Gasteiger partial charge in [0.25, 0.3) is 15.9 Å². The number of ether oxygens (including phenoxy) is 1. The maximum atomic E-state index is 12.8. The molecule has 1 saturated heterocycles. The number of sulfonamides is 1. The zero-order chi connectivity index (χ0) is 24.5. The molecular formula is C24H24N2O6S2. The Labute approximate surface area is 199 Å². The van der Waals surface area contributed by atoms with Gasteiger partial charge in [0.15, 0.2) is 9.84 Å². The van der Waals surface area contributed by atoms with Gasteiger partial charge < -0.3 is 9.64 Å². The first-order valence-electron chi connectivity index (χ1n) is 10.5. The first-order chi connectivity index (χ1) is 16.1. The lowest BCUT2D eigenvalue weighted by molar-refractivity contribution is 0.0659. The van der Waals surface area contributed by atoms with E-state index < -0.39 is 25.1 Å². The second kappa shape index (κ2) is 9.11. The summed E-state index contributed by atoms with van der Waals surface area (Å²) in [5.41, 5.74) is 1.49. The van der Waals surface area contributed by atoms with Crippen molar-refractivity contribution < 1.29 is 26.4 Å². The van der Waals surface area contributed by atoms with Gasteiger partial charge in [-0.2, -0.15) is 0 Å². The van der Waals surface area contributed by atoms with Gasteiger partial charge in [0.05, 0.1) is 16.9 Å². The molecule has 0 aromatic heterocycles. The smallest absolute Gasteiger partial charge is 0.261 e. The van der Waals surface area contributed by atoms with Crippen molar-refractivity contribution in [3.8, 4) is 5.75 Å². The normalized spacial score (nSPS) is 14.4. The van der Waals surface area contributed by atoms with E-state index in [-0.39, 0.29) is 28.8 Å². The second-order valence-electron chi connectivity index (χ2n) is 8.05. The molecular weight excluding hydrogens is 476 g/mol. The van der Waals surface area contributed by atoms with Crippen LogP contribution in [0.1, 0.15) is 15.9 Å². The highest BCUT2D eigenvalue weighted by Crippen LogP contribution is 2.27. The van der Waals surface area contributed by atoms with Gasteiger partial charge in [-0.1, -0.05) is 12.1 Å². The minimum Gasteiger partial charge on any atom is -0.497 e. The predicted molar refractivity (Wildman–Crippen MR) is 128 cm³/mol. The number of anilines is 1. The number of benzene rings is 3. The Bertz CT molecular complexity index is 1410. The van der Waals surface area contributed by atoms with Gasteiger partial charge in [0.2, 0.25) is 0 Å². The average molecular weight is 501 g/mol. The van der Waals surface area contributed by atoms with Crippen LogP contribution in [0.5, 0.6) is 5.75 Å². The molecule has 1 heterocycles. The predicted octanol–water partition coefficient (Wildman–Crippen LogP) is 3.10. The van der Waals surface area contributed by atoms with Crippen LogP contribution >= 0.6 is 0 Å². The van der Waals surface area contributed by atoms with Crippen LogP contribution < -0.4 is 9.46 Å². The van der Waals surface area contributed by atoms with Crippen LogP contribution in [0.25, 0.3) is 0 Å². The van der Waals surface area contributed by atoms with Crippen molar-refractivity contribution in [2.24, 2.45) is 0 Å². The SMILES string of the molecule is COc1ccc(S(=O)(=O)C2CN(C(=O)c3ccc(NS(=O)(=O)c4cccc(C)c4)cc3)C2)cc1. The van der Waals surface area contributed by atoms with E-state index in [1.807, 2.05) is 13.0 Å². The molecule has 1 aliphatic heterocycles. The quantitative estimate of drug-likeness (QED) is 0.534. The molecule has 0 radical (unpaired) electrons. The molecule has 1 aliphatic rings. The lowest BCUT2D eigenvalue weighted by atomic mass is 10.1. The summed E-state index contributed by atoms with van der Waals surface area (Å²) in [6, 6.07) is 18.8. The zero-order valence-corrected chi connectivity index (χ0v) is 20.3. The van der Waals surface area contributed by atoms with Gasteiger partial charge in [-0.3, -0.25) is 9.52 Å². The van der Waals surface area contributed by atoms with Gasteiger partial charge in [-0.05, 0) is 73.2 Å². The molecule has 3 aromatic rings. The van der Waals surface area contributed by atoms with Crippen molar-refractivity contribution in [2.75, 3.05) is 24.9 Å². The number of aryl methyl sites for hydroxylation is 1. The Hall–Kier alpha value is -3.37. The summed E-state index contributed by atoms with van der Waals surface area (Å²) in [5.74, 6) is 0.253. The van der Waals surface area contributed by atoms with Crippen LogP contribution in [0.15, 0.2) is 82.6 Å². The fraction of sp³-hybridized carbons (Fsp3) is 0.208. The summed E-state index contributed by atoms with van der Waals surface area (Å²) >= 11 is 0. The van der Waals surface area contributed by atoms with Crippen LogP contribution in [0.2, 0.25) is 0 Å². The van der Waals surface area contributed by atoms with Crippen molar-refractivity contribution in [3.05, 3.63) is 83.9 Å². The number of amides is 1. The Morgan fingerprint density at radius 3 is 2.15 bits per heavy atom. The maximum Gasteiger partial charge on any atom is 0.261 e. The number of nitrogens with zero attached hydrogens (tertiary/aromatic N) is 1. The van der Waals surface area contributed by atoms with Crippen molar-refractivity contribution in [3.63, 3.8) is 0 Å². The van der Waals surface area contributed by atoms with Crippen molar-refractivity contribution in [2.45, 2.75) is 22.0 Å². The van der Waals surface area contributed by atoms with E-state index in [2.05, 4.69) is 4.72 Å². The molecule has 0 saturated carbocycles. The summed E-state index contributed by atoms with van der Waals surface area (Å²) < 4.78 is 58.3. The molecule has 0 unspecified atom stereocenters. The summed E-state index contributed by atoms with van der Waals surface area (Å²) in [6.07, 6.45) is 0. The molecule has 1 amide bonds. The summed E-state index contributed by atoms with van der Waals surface area (Å²) in [7, 11) is -5.81. The number of likely N-dealkylation sites (tertiary alicyclic amines) is 1. The lowest BCUT2D eigenvalue weighted by Gasteiger charge is -2.38. The van der Waals surface area contributed by atoms with E-state index in [4.69, 9.17) is 4.74 Å². The fourth-order valence-electron chi connectivity index (χ4n) is 3.62. The average Bonchev–Trinajstić information content (AvgIpc) is 2.78. The Kier molecular flexibility index (Phi) is 6.37. The second-order valence-corrected chi connectivity index (χ2v) is 12.0. The molecule has 3 aromatic carbocycles. The Morgan fingerprint density at radius 1 is 0.912 bits per heavy atom. The number of rotatable bonds is 7. The zero-order valence-electron chi connectivity index (χ0n) is 18.6. The highest BCUT2D eigenvalue weighted by atomic mass is 32.2. The molecule has 1 fully saturated rings. The number of carbonyl (C=O) groups excluding carboxylic acids is 1. The van der Waals surface area contributed by atoms with Gasteiger partial charge in [-0.25, -0.2) is 16.8 Å². The number of sulfone groups is 1. The first kappa shape index (κ1) is 23.8. The van der Waals surface area contributed by atoms with Crippen LogP contribution in [0.4, 0.5) is 5.69 Å². The largest absolute Gasteiger partial charge is 0.497 e. The molecule has 0 atom stereocenters. The Balaban J connectivity index is 1.39. The van der Waals surface area contributed by atoms with Gasteiger partial charge in [0.1, 0.15) is 11.0 Å². The van der Waals surface area contributed by atoms with E-state index in [1.54, 1.807) is 24.3 Å². The highest BCUT2D eigenvalue weighted by molar-refractivity contribution is 7.92. The molecule has 10 heteroatoms. The Morgan fingerprint density at radius 2 is 1.56 bits per heavy atom. The first-order valence-corrected chi connectivity index (χ1v) is 13.5. The van der Waals surface area contributed by atoms with Crippen LogP contribution in [-0.2, 0) is 19.9 Å². The lowest BCUT2D eigenvalue weighted by Crippen LogP contribution is -2.56. The third-order valence-corrected chi connectivity index (χ3v) is 9.13. The molecule has 0 spiro atoms. The third-order valence-electron chi connectivity index (χ3n) is 5.65. The highest BCUT2D eigenvalue weighted by Gasteiger charge is 2.40. The number of carbonyl (C=O) groups is 1. The molecule has 178 valence electrons. The molecule has 0 bridgehead atoms. The van der Waals surface area contributed by atoms with Crippen LogP contribution in [-0.4, -0.2) is 53.1 Å². The van der Waals surface area contributed by atoms with Crippen molar-refractivity contribution in [1.29, 1.82) is 0 Å². The van der Waals surface area contributed by atoms with Gasteiger partial charge in [0, 0.05) is 24.3 Å². The van der Waals surface area contributed by atoms with E-state index in [9.17, 15) is 21.6 Å². The molecule has 8 nitrogen and oxygen atoms in total. The van der Waals surface area contributed by atoms with Crippen molar-refractivity contribution >= 4 is 31.5 Å². The monoisotopic (exact) mass is 500 g/mol. The number of hydrogen-bond acceptors (Lipinski definition) is 6. The number of methoxy groups -OCH3 is 1. The van der Waals surface area contributed by atoms with E-state index >= 15 is 0 Å². The topological polar surface area (TPSA) is 110 Å². The summed E-state index contributed by atoms with van der Waals surface area (Å²) in [6.45, 7) is 1.99. The van der Waals surface area contributed by atoms with E-state index in [0.717, 1.165) is 5.56 Å². The van der Waals surface area contributed by atoms with Crippen LogP contribution in [0, 0.1) is 6.92 Å². The maximum absolute atomic E-state index is 12.8. The molecule has 1 N–H and O–H groups in total. The standard InChI is InChI=1S/C24H24N2O6S2/c1-17-4-3-5-22(14-17)34(30,31)25-19-8-6-18(7-9-19)24(27)26-15-23(16-26)33(28,29)21-12-10-20(32-2)11-13-21/h3-14,23,25H,15-16H2,1-2H3. The molecule has 4 rings (SSSR count). The van der Waals surface area contributed by atoms with E-state index in [1.165, 1.54) is 54.5 Å². The van der Waals surface area contributed by atoms with Gasteiger partial charge >= 0.3 is 0 Å². The fourth-order valence-corrected chi connectivity index (χ4v) is 6.43. The summed E-state index contributed by atoms with van der Waals surface area (Å²) in [4.78, 5) is 14.5. The molecule has 0 aliphatic carbocycles. The summed E-state index contributed by atoms with van der Waals surface area (Å²) in [5, 5.41) is -0.676. The minimum atomic E-state index is -3.75. The van der Waals surface area contributed by atoms with Gasteiger partial charge in [-0.15, -0.1) is 0 Å². The van der Waals surface area contributed by atoms with Crippen LogP contribution in [0.3, 0.4) is 0 Å². The van der Waals surface area contributed by atoms with E-state index in [0.29, 0.717) is 17.0 Å². The third kappa shape index (κ3) is 4.78.